The van der Waals surface area contributed by atoms with Crippen molar-refractivity contribution >= 4 is 17.8 Å². The molecule has 5 rings (SSSR count). The second kappa shape index (κ2) is 9.40. The van der Waals surface area contributed by atoms with Crippen molar-refractivity contribution in [2.75, 3.05) is 26.7 Å². The average Bonchev–Trinajstić information content (AvgIpc) is 3.40. The molecule has 4 atom stereocenters. The largest absolute Gasteiger partial charge is 0.342 e. The second-order valence-corrected chi connectivity index (χ2v) is 13.4. The highest BCUT2D eigenvalue weighted by atomic mass is 16.2. The lowest BCUT2D eigenvalue weighted by Gasteiger charge is -2.48. The number of benzene rings is 1. The smallest absolute Gasteiger partial charge is 0.327 e. The van der Waals surface area contributed by atoms with Gasteiger partial charge in [-0.25, -0.2) is 4.79 Å². The van der Waals surface area contributed by atoms with Crippen molar-refractivity contribution in [2.24, 2.45) is 11.3 Å². The van der Waals surface area contributed by atoms with E-state index < -0.39 is 5.54 Å². The van der Waals surface area contributed by atoms with E-state index in [1.807, 2.05) is 18.7 Å². The lowest BCUT2D eigenvalue weighted by molar-refractivity contribution is -0.137. The monoisotopic (exact) mass is 508 g/mol. The molecule has 4 heterocycles. The van der Waals surface area contributed by atoms with E-state index in [-0.39, 0.29) is 29.3 Å². The third kappa shape index (κ3) is 4.58. The van der Waals surface area contributed by atoms with Crippen molar-refractivity contribution in [3.63, 3.8) is 0 Å². The molecule has 1 aromatic carbocycles. The van der Waals surface area contributed by atoms with E-state index in [1.165, 1.54) is 10.5 Å². The first-order valence-corrected chi connectivity index (χ1v) is 14.1. The molecule has 0 saturated carbocycles. The number of piperidine rings is 1. The lowest BCUT2D eigenvalue weighted by atomic mass is 9.79. The third-order valence-electron chi connectivity index (χ3n) is 9.24. The fourth-order valence-corrected chi connectivity index (χ4v) is 7.72. The summed E-state index contributed by atoms with van der Waals surface area (Å²) in [6.07, 6.45) is 4.13. The van der Waals surface area contributed by atoms with Crippen LogP contribution in [-0.2, 0) is 9.59 Å². The van der Waals surface area contributed by atoms with E-state index in [1.54, 1.807) is 7.05 Å². The number of carbonyl (C=O) groups is 3. The minimum absolute atomic E-state index is 0.00738. The molecular weight excluding hydrogens is 464 g/mol. The summed E-state index contributed by atoms with van der Waals surface area (Å²) in [7, 11) is 1.63. The number of likely N-dealkylation sites (tertiary alicyclic amines) is 1. The second-order valence-electron chi connectivity index (χ2n) is 13.4. The Balaban J connectivity index is 1.37. The van der Waals surface area contributed by atoms with Crippen molar-refractivity contribution in [3.05, 3.63) is 35.9 Å². The van der Waals surface area contributed by atoms with Crippen molar-refractivity contribution in [2.45, 2.75) is 96.3 Å². The van der Waals surface area contributed by atoms with Crippen LogP contribution in [0.1, 0.15) is 78.2 Å². The maximum absolute atomic E-state index is 13.4. The Morgan fingerprint density at radius 1 is 1.03 bits per heavy atom. The van der Waals surface area contributed by atoms with Gasteiger partial charge in [-0.05, 0) is 56.4 Å². The van der Waals surface area contributed by atoms with Gasteiger partial charge in [-0.3, -0.25) is 19.4 Å². The number of amides is 4. The molecular formula is C30H44N4O3. The van der Waals surface area contributed by atoms with Gasteiger partial charge in [0.2, 0.25) is 5.91 Å². The first kappa shape index (κ1) is 26.2. The van der Waals surface area contributed by atoms with Crippen LogP contribution < -0.4 is 0 Å². The van der Waals surface area contributed by atoms with Crippen molar-refractivity contribution in [1.29, 1.82) is 0 Å². The van der Waals surface area contributed by atoms with Gasteiger partial charge in [0.05, 0.1) is 0 Å². The molecule has 1 aromatic rings. The van der Waals surface area contributed by atoms with Gasteiger partial charge in [-0.1, -0.05) is 51.1 Å². The lowest BCUT2D eigenvalue weighted by Crippen LogP contribution is -2.62. The first-order chi connectivity index (χ1) is 17.4. The Bertz CT molecular complexity index is 1030. The summed E-state index contributed by atoms with van der Waals surface area (Å²) in [5.41, 5.74) is 0.577. The van der Waals surface area contributed by atoms with Gasteiger partial charge < -0.3 is 9.80 Å². The summed E-state index contributed by atoms with van der Waals surface area (Å²) in [6, 6.07) is 11.1. The zero-order valence-electron chi connectivity index (χ0n) is 23.4. The number of urea groups is 1. The highest BCUT2D eigenvalue weighted by Gasteiger charge is 2.62. The number of imide groups is 1. The SMILES string of the molecule is CC(C)N1C(=O)N(C)C(=O)C12CC1CCC(C2)N1C[C@H]1CN(C(=O)CC(C)(C)C)C[C@@H]1c1ccccc1. The van der Waals surface area contributed by atoms with Crippen molar-refractivity contribution in [3.8, 4) is 0 Å². The summed E-state index contributed by atoms with van der Waals surface area (Å²) >= 11 is 0. The Morgan fingerprint density at radius 3 is 2.22 bits per heavy atom. The summed E-state index contributed by atoms with van der Waals surface area (Å²) in [6.45, 7) is 12.9. The minimum Gasteiger partial charge on any atom is -0.342 e. The molecule has 0 aliphatic carbocycles. The summed E-state index contributed by atoms with van der Waals surface area (Å²) < 4.78 is 0. The molecule has 4 saturated heterocycles. The highest BCUT2D eigenvalue weighted by Crippen LogP contribution is 2.49. The van der Waals surface area contributed by atoms with Crippen LogP contribution >= 0.6 is 0 Å². The maximum Gasteiger partial charge on any atom is 0.327 e. The molecule has 0 N–H and O–H groups in total. The molecule has 4 fully saturated rings. The fourth-order valence-electron chi connectivity index (χ4n) is 7.72. The molecule has 0 aromatic heterocycles. The van der Waals surface area contributed by atoms with Crippen LogP contribution in [0.4, 0.5) is 4.79 Å². The summed E-state index contributed by atoms with van der Waals surface area (Å²) in [5.74, 6) is 0.897. The highest BCUT2D eigenvalue weighted by molar-refractivity contribution is 6.07. The molecule has 4 amide bonds. The number of likely N-dealkylation sites (N-methyl/N-ethyl adjacent to an activating group) is 1. The van der Waals surface area contributed by atoms with E-state index in [9.17, 15) is 14.4 Å². The van der Waals surface area contributed by atoms with Crippen LogP contribution in [0.25, 0.3) is 0 Å². The molecule has 1 spiro atoms. The van der Waals surface area contributed by atoms with Gasteiger partial charge in [-0.15, -0.1) is 0 Å². The molecule has 2 unspecified atom stereocenters. The topological polar surface area (TPSA) is 64.2 Å². The van der Waals surface area contributed by atoms with E-state index in [2.05, 4.69) is 60.9 Å². The number of fused-ring (bicyclic) bond motifs is 2. The Morgan fingerprint density at radius 2 is 1.65 bits per heavy atom. The maximum atomic E-state index is 13.4. The molecule has 4 aliphatic rings. The normalized spacial score (nSPS) is 32.5. The van der Waals surface area contributed by atoms with Gasteiger partial charge in [0, 0.05) is 57.1 Å². The average molecular weight is 509 g/mol. The van der Waals surface area contributed by atoms with Crippen LogP contribution in [0.2, 0.25) is 0 Å². The van der Waals surface area contributed by atoms with E-state index in [0.29, 0.717) is 43.2 Å². The predicted octanol–water partition coefficient (Wildman–Crippen LogP) is 4.33. The molecule has 2 bridgehead atoms. The van der Waals surface area contributed by atoms with Crippen molar-refractivity contribution < 1.29 is 14.4 Å². The predicted molar refractivity (Wildman–Crippen MR) is 144 cm³/mol. The van der Waals surface area contributed by atoms with E-state index in [4.69, 9.17) is 0 Å². The number of hydrogen-bond donors (Lipinski definition) is 0. The Labute approximate surface area is 222 Å². The van der Waals surface area contributed by atoms with Gasteiger partial charge in [-0.2, -0.15) is 0 Å². The minimum atomic E-state index is -0.703. The number of rotatable bonds is 5. The number of nitrogens with zero attached hydrogens (tertiary/aromatic N) is 4. The summed E-state index contributed by atoms with van der Waals surface area (Å²) in [4.78, 5) is 47.6. The van der Waals surface area contributed by atoms with Gasteiger partial charge >= 0.3 is 6.03 Å². The number of hydrogen-bond acceptors (Lipinski definition) is 4. The van der Waals surface area contributed by atoms with Crippen LogP contribution in [0.5, 0.6) is 0 Å². The van der Waals surface area contributed by atoms with Crippen LogP contribution in [0, 0.1) is 11.3 Å². The van der Waals surface area contributed by atoms with E-state index in [0.717, 1.165) is 32.5 Å². The van der Waals surface area contributed by atoms with Crippen LogP contribution in [0.15, 0.2) is 30.3 Å². The zero-order chi connectivity index (χ0) is 26.7. The molecule has 37 heavy (non-hydrogen) atoms. The Hall–Kier alpha value is -2.41. The molecule has 7 nitrogen and oxygen atoms in total. The van der Waals surface area contributed by atoms with Crippen LogP contribution in [-0.4, -0.2) is 87.8 Å². The standard InChI is InChI=1S/C30H44N4O3/c1-20(2)34-28(37)31(6)27(36)30(34)14-23-12-13-24(15-30)33(23)18-22-17-32(26(35)16-29(3,4)5)19-25(22)21-10-8-7-9-11-21/h7-11,20,22-25H,12-19H2,1-6H3/t22-,23?,24?,25-,30?/m1/s1. The molecule has 202 valence electrons. The van der Waals surface area contributed by atoms with Crippen molar-refractivity contribution in [1.82, 2.24) is 19.6 Å². The van der Waals surface area contributed by atoms with Crippen LogP contribution in [0.3, 0.4) is 0 Å². The van der Waals surface area contributed by atoms with E-state index >= 15 is 0 Å². The van der Waals surface area contributed by atoms with Gasteiger partial charge in [0.25, 0.3) is 5.91 Å². The first-order valence-electron chi connectivity index (χ1n) is 14.1. The molecule has 0 radical (unpaired) electrons. The molecule has 7 heteroatoms. The Kier molecular flexibility index (Phi) is 6.66. The third-order valence-corrected chi connectivity index (χ3v) is 9.24. The zero-order valence-corrected chi connectivity index (χ0v) is 23.4. The fraction of sp³-hybridized carbons (Fsp3) is 0.700. The van der Waals surface area contributed by atoms with Gasteiger partial charge in [0.1, 0.15) is 5.54 Å². The van der Waals surface area contributed by atoms with Gasteiger partial charge in [0.15, 0.2) is 0 Å². The quantitative estimate of drug-likeness (QED) is 0.556. The number of carbonyl (C=O) groups excluding carboxylic acids is 3. The molecule has 4 aliphatic heterocycles. The summed E-state index contributed by atoms with van der Waals surface area (Å²) in [5, 5.41) is 0.